The highest BCUT2D eigenvalue weighted by Gasteiger charge is 2.32. The van der Waals surface area contributed by atoms with Crippen LogP contribution in [0.4, 0.5) is 22.7 Å². The Hall–Kier alpha value is -3.80. The van der Waals surface area contributed by atoms with E-state index in [0.29, 0.717) is 11.1 Å². The standard InChI is InChI=1S/C14H10N2O2.C7H10N2/c15-9-5-6-10(16)12-11(9)13(17)7-3-1-2-4-8(7)14(12)18;1-5-4-6(8)2-3-7(5)9/h1-6H,15-16H2;2-4H,8-9H2,1H3. The fourth-order valence-corrected chi connectivity index (χ4v) is 2.97. The predicted octanol–water partition coefficient (Wildman–Crippen LogP) is 2.79. The normalized spacial score (nSPS) is 11.9. The molecule has 1 aliphatic rings. The Kier molecular flexibility index (Phi) is 4.56. The first-order chi connectivity index (χ1) is 12.8. The Morgan fingerprint density at radius 1 is 0.630 bits per heavy atom. The van der Waals surface area contributed by atoms with E-state index in [1.54, 1.807) is 42.5 Å². The van der Waals surface area contributed by atoms with Crippen molar-refractivity contribution < 1.29 is 9.59 Å². The number of aryl methyl sites for hydroxylation is 1. The third-order valence-corrected chi connectivity index (χ3v) is 4.43. The number of ketones is 2. The van der Waals surface area contributed by atoms with Gasteiger partial charge in [-0.2, -0.15) is 0 Å². The topological polar surface area (TPSA) is 138 Å². The molecule has 0 amide bonds. The molecule has 3 aromatic rings. The number of benzene rings is 3. The van der Waals surface area contributed by atoms with Crippen LogP contribution in [0.5, 0.6) is 0 Å². The molecule has 1 aliphatic carbocycles. The maximum Gasteiger partial charge on any atom is 0.196 e. The largest absolute Gasteiger partial charge is 0.399 e. The predicted molar refractivity (Wildman–Crippen MR) is 109 cm³/mol. The molecular weight excluding hydrogens is 340 g/mol. The first-order valence-electron chi connectivity index (χ1n) is 8.29. The highest BCUT2D eigenvalue weighted by Crippen LogP contribution is 2.33. The number of hydrogen-bond acceptors (Lipinski definition) is 6. The molecule has 0 bridgehead atoms. The van der Waals surface area contributed by atoms with Crippen molar-refractivity contribution in [2.45, 2.75) is 6.92 Å². The molecule has 0 spiro atoms. The first kappa shape index (κ1) is 18.0. The molecule has 0 heterocycles. The second-order valence-electron chi connectivity index (χ2n) is 6.31. The summed E-state index contributed by atoms with van der Waals surface area (Å²) in [4.78, 5) is 24.7. The van der Waals surface area contributed by atoms with Crippen LogP contribution in [0.2, 0.25) is 0 Å². The van der Waals surface area contributed by atoms with Gasteiger partial charge in [-0.1, -0.05) is 24.3 Å². The van der Waals surface area contributed by atoms with Crippen LogP contribution in [-0.4, -0.2) is 11.6 Å². The van der Waals surface area contributed by atoms with E-state index >= 15 is 0 Å². The number of carbonyl (C=O) groups is 2. The van der Waals surface area contributed by atoms with Gasteiger partial charge in [0, 0.05) is 33.9 Å². The molecule has 0 unspecified atom stereocenters. The number of anilines is 4. The lowest BCUT2D eigenvalue weighted by Gasteiger charge is -2.20. The minimum absolute atomic E-state index is 0.221. The average molecular weight is 360 g/mol. The lowest BCUT2D eigenvalue weighted by Crippen LogP contribution is -2.23. The zero-order valence-electron chi connectivity index (χ0n) is 14.8. The van der Waals surface area contributed by atoms with E-state index < -0.39 is 0 Å². The zero-order chi connectivity index (χ0) is 19.7. The van der Waals surface area contributed by atoms with Crippen molar-refractivity contribution in [1.29, 1.82) is 0 Å². The van der Waals surface area contributed by atoms with E-state index in [1.807, 2.05) is 19.1 Å². The Bertz CT molecular complexity index is 1010. The van der Waals surface area contributed by atoms with Crippen molar-refractivity contribution in [3.05, 3.63) is 82.4 Å². The van der Waals surface area contributed by atoms with Gasteiger partial charge in [-0.05, 0) is 42.8 Å². The molecule has 0 radical (unpaired) electrons. The molecule has 6 heteroatoms. The number of nitrogens with two attached hydrogens (primary N) is 4. The van der Waals surface area contributed by atoms with Crippen LogP contribution in [0.15, 0.2) is 54.6 Å². The molecule has 0 saturated carbocycles. The van der Waals surface area contributed by atoms with Crippen molar-refractivity contribution in [3.8, 4) is 0 Å². The van der Waals surface area contributed by atoms with Crippen LogP contribution in [0, 0.1) is 6.92 Å². The fraction of sp³-hybridized carbons (Fsp3) is 0.0476. The minimum atomic E-state index is -0.245. The monoisotopic (exact) mass is 360 g/mol. The molecule has 6 nitrogen and oxygen atoms in total. The summed E-state index contributed by atoms with van der Waals surface area (Å²) < 4.78 is 0. The van der Waals surface area contributed by atoms with Gasteiger partial charge in [0.2, 0.25) is 0 Å². The second kappa shape index (κ2) is 6.84. The van der Waals surface area contributed by atoms with Crippen LogP contribution in [0.3, 0.4) is 0 Å². The Balaban J connectivity index is 0.000000197. The van der Waals surface area contributed by atoms with Gasteiger partial charge in [-0.15, -0.1) is 0 Å². The van der Waals surface area contributed by atoms with E-state index in [-0.39, 0.29) is 34.1 Å². The molecule has 0 aliphatic heterocycles. The number of fused-ring (bicyclic) bond motifs is 2. The van der Waals surface area contributed by atoms with Gasteiger partial charge in [0.15, 0.2) is 11.6 Å². The van der Waals surface area contributed by atoms with Crippen molar-refractivity contribution in [2.75, 3.05) is 22.9 Å². The maximum atomic E-state index is 12.3. The first-order valence-corrected chi connectivity index (χ1v) is 8.29. The van der Waals surface area contributed by atoms with Gasteiger partial charge in [-0.3, -0.25) is 9.59 Å². The SMILES string of the molecule is Cc1cc(N)ccc1N.Nc1ccc(N)c2c1C(=O)c1ccccc1C2=O. The van der Waals surface area contributed by atoms with Gasteiger partial charge < -0.3 is 22.9 Å². The molecule has 27 heavy (non-hydrogen) atoms. The van der Waals surface area contributed by atoms with Crippen LogP contribution >= 0.6 is 0 Å². The molecular formula is C21H20N4O2. The van der Waals surface area contributed by atoms with E-state index in [0.717, 1.165) is 16.9 Å². The summed E-state index contributed by atoms with van der Waals surface area (Å²) in [5, 5.41) is 0. The van der Waals surface area contributed by atoms with E-state index in [1.165, 1.54) is 0 Å². The van der Waals surface area contributed by atoms with Gasteiger partial charge >= 0.3 is 0 Å². The van der Waals surface area contributed by atoms with E-state index in [2.05, 4.69) is 0 Å². The van der Waals surface area contributed by atoms with Crippen LogP contribution in [-0.2, 0) is 0 Å². The Morgan fingerprint density at radius 2 is 1.07 bits per heavy atom. The van der Waals surface area contributed by atoms with E-state index in [9.17, 15) is 9.59 Å². The Labute approximate surface area is 156 Å². The molecule has 0 aromatic heterocycles. The summed E-state index contributed by atoms with van der Waals surface area (Å²) in [7, 11) is 0. The number of hydrogen-bond donors (Lipinski definition) is 4. The van der Waals surface area contributed by atoms with Crippen molar-refractivity contribution in [1.82, 2.24) is 0 Å². The van der Waals surface area contributed by atoms with Gasteiger partial charge in [0.1, 0.15) is 0 Å². The smallest absolute Gasteiger partial charge is 0.196 e. The lowest BCUT2D eigenvalue weighted by molar-refractivity contribution is 0.0980. The third-order valence-electron chi connectivity index (χ3n) is 4.43. The second-order valence-corrected chi connectivity index (χ2v) is 6.31. The van der Waals surface area contributed by atoms with Crippen LogP contribution < -0.4 is 22.9 Å². The molecule has 0 saturated heterocycles. The number of rotatable bonds is 0. The quantitative estimate of drug-likeness (QED) is 0.356. The summed E-state index contributed by atoms with van der Waals surface area (Å²) >= 11 is 0. The summed E-state index contributed by atoms with van der Waals surface area (Å²) in [6.07, 6.45) is 0. The van der Waals surface area contributed by atoms with Crippen molar-refractivity contribution in [3.63, 3.8) is 0 Å². The zero-order valence-corrected chi connectivity index (χ0v) is 14.8. The number of carbonyl (C=O) groups excluding carboxylic acids is 2. The minimum Gasteiger partial charge on any atom is -0.399 e. The highest BCUT2D eigenvalue weighted by atomic mass is 16.1. The van der Waals surface area contributed by atoms with Gasteiger partial charge in [0.25, 0.3) is 0 Å². The summed E-state index contributed by atoms with van der Waals surface area (Å²) in [5.74, 6) is -0.491. The molecule has 0 fully saturated rings. The van der Waals surface area contributed by atoms with Crippen LogP contribution in [0.1, 0.15) is 37.4 Å². The summed E-state index contributed by atoms with van der Waals surface area (Å²) in [6, 6.07) is 15.3. The maximum absolute atomic E-state index is 12.3. The molecule has 3 aromatic carbocycles. The highest BCUT2D eigenvalue weighted by molar-refractivity contribution is 6.31. The average Bonchev–Trinajstić information content (AvgIpc) is 2.65. The molecule has 4 rings (SSSR count). The fourth-order valence-electron chi connectivity index (χ4n) is 2.97. The van der Waals surface area contributed by atoms with Crippen LogP contribution in [0.25, 0.3) is 0 Å². The van der Waals surface area contributed by atoms with Gasteiger partial charge in [0.05, 0.1) is 11.1 Å². The lowest BCUT2D eigenvalue weighted by atomic mass is 9.82. The van der Waals surface area contributed by atoms with E-state index in [4.69, 9.17) is 22.9 Å². The van der Waals surface area contributed by atoms with Crippen molar-refractivity contribution in [2.24, 2.45) is 0 Å². The summed E-state index contributed by atoms with van der Waals surface area (Å²) in [6.45, 7) is 1.94. The molecule has 136 valence electrons. The molecule has 8 N–H and O–H groups in total. The van der Waals surface area contributed by atoms with Crippen molar-refractivity contribution >= 4 is 34.3 Å². The number of nitrogen functional groups attached to an aromatic ring is 4. The Morgan fingerprint density at radius 3 is 1.48 bits per heavy atom. The summed E-state index contributed by atoms with van der Waals surface area (Å²) in [5.41, 5.74) is 27.0. The third kappa shape index (κ3) is 3.20. The molecule has 0 atom stereocenters. The van der Waals surface area contributed by atoms with Gasteiger partial charge in [-0.25, -0.2) is 0 Å².